The zero-order chi connectivity index (χ0) is 28.2. The van der Waals surface area contributed by atoms with Crippen molar-refractivity contribution in [3.63, 3.8) is 0 Å². The van der Waals surface area contributed by atoms with Gasteiger partial charge in [0.2, 0.25) is 0 Å². The normalized spacial score (nSPS) is 14.8. The number of nitrogens with zero attached hydrogens (tertiary/aromatic N) is 2. The number of amides is 1. The summed E-state index contributed by atoms with van der Waals surface area (Å²) in [6.07, 6.45) is 0. The highest BCUT2D eigenvalue weighted by atomic mass is 35.5. The molecular weight excluding hydrogens is 553 g/mol. The van der Waals surface area contributed by atoms with Gasteiger partial charge >= 0.3 is 0 Å². The molecule has 1 saturated heterocycles. The van der Waals surface area contributed by atoms with E-state index < -0.39 is 9.84 Å². The van der Waals surface area contributed by atoms with Gasteiger partial charge in [0.1, 0.15) is 0 Å². The van der Waals surface area contributed by atoms with E-state index in [1.165, 1.54) is 5.41 Å². The molecule has 1 atom stereocenters. The Balaban J connectivity index is 1.44. The highest BCUT2D eigenvalue weighted by Gasteiger charge is 2.31. The first-order valence-electron chi connectivity index (χ1n) is 12.7. The molecule has 1 heterocycles. The minimum atomic E-state index is -3.53. The number of hydrogen-bond donors (Lipinski definition) is 1. The van der Waals surface area contributed by atoms with Crippen LogP contribution in [0.2, 0.25) is 10.0 Å². The molecule has 6 nitrogen and oxygen atoms in total. The molecule has 1 aliphatic rings. The van der Waals surface area contributed by atoms with Crippen LogP contribution in [0.5, 0.6) is 0 Å². The summed E-state index contributed by atoms with van der Waals surface area (Å²) in [5, 5.41) is 5.66. The standard InChI is InChI=1S/C30H33Cl2N3O3S/c1-21(16-34(2)3)33-30(36)26-6-4-5-22(15-26)19-39(37,38)20-23-17-35(18-23)29(24-7-11-27(31)12-8-24)25-9-13-28(32)14-10-25/h4-15,20-21,29H,16-19H2,1-3H3,(H,33,36). The maximum absolute atomic E-state index is 13.0. The lowest BCUT2D eigenvalue weighted by atomic mass is 9.93. The molecule has 0 bridgehead atoms. The van der Waals surface area contributed by atoms with Gasteiger partial charge in [-0.3, -0.25) is 9.69 Å². The van der Waals surface area contributed by atoms with Crippen molar-refractivity contribution in [1.82, 2.24) is 15.1 Å². The molecule has 39 heavy (non-hydrogen) atoms. The van der Waals surface area contributed by atoms with E-state index in [0.717, 1.165) is 16.7 Å². The predicted octanol–water partition coefficient (Wildman–Crippen LogP) is 5.58. The third-order valence-electron chi connectivity index (χ3n) is 6.47. The molecule has 3 aromatic carbocycles. The molecule has 1 unspecified atom stereocenters. The van der Waals surface area contributed by atoms with Crippen LogP contribution >= 0.6 is 23.2 Å². The smallest absolute Gasteiger partial charge is 0.251 e. The quantitative estimate of drug-likeness (QED) is 0.336. The number of nitrogens with one attached hydrogen (secondary N) is 1. The Morgan fingerprint density at radius 1 is 0.974 bits per heavy atom. The fourth-order valence-electron chi connectivity index (χ4n) is 4.87. The van der Waals surface area contributed by atoms with Crippen molar-refractivity contribution in [1.29, 1.82) is 0 Å². The lowest BCUT2D eigenvalue weighted by molar-refractivity contribution is 0.0934. The summed E-state index contributed by atoms with van der Waals surface area (Å²) < 4.78 is 26.1. The number of halogens is 2. The largest absolute Gasteiger partial charge is 0.348 e. The molecular formula is C30H33Cl2N3O3S. The van der Waals surface area contributed by atoms with Crippen LogP contribution in [-0.4, -0.2) is 63.9 Å². The molecule has 206 valence electrons. The first-order chi connectivity index (χ1) is 18.5. The minimum Gasteiger partial charge on any atom is -0.348 e. The van der Waals surface area contributed by atoms with E-state index in [-0.39, 0.29) is 23.7 Å². The van der Waals surface area contributed by atoms with Gasteiger partial charge in [-0.25, -0.2) is 8.42 Å². The number of likely N-dealkylation sites (tertiary alicyclic amines) is 1. The lowest BCUT2D eigenvalue weighted by Gasteiger charge is -2.41. The van der Waals surface area contributed by atoms with E-state index in [9.17, 15) is 13.2 Å². The number of carbonyl (C=O) groups excluding carboxylic acids is 1. The zero-order valence-electron chi connectivity index (χ0n) is 22.3. The average Bonchev–Trinajstić information content (AvgIpc) is 2.84. The zero-order valence-corrected chi connectivity index (χ0v) is 24.6. The fraction of sp³-hybridized carbons (Fsp3) is 0.300. The second-order valence-electron chi connectivity index (χ2n) is 10.3. The number of sulfone groups is 1. The number of hydrogen-bond acceptors (Lipinski definition) is 5. The van der Waals surface area contributed by atoms with Crippen molar-refractivity contribution in [3.8, 4) is 0 Å². The molecule has 0 radical (unpaired) electrons. The highest BCUT2D eigenvalue weighted by molar-refractivity contribution is 7.93. The van der Waals surface area contributed by atoms with E-state index >= 15 is 0 Å². The first kappa shape index (κ1) is 29.3. The van der Waals surface area contributed by atoms with Gasteiger partial charge in [0.25, 0.3) is 5.91 Å². The van der Waals surface area contributed by atoms with Gasteiger partial charge in [-0.1, -0.05) is 59.6 Å². The number of carbonyl (C=O) groups is 1. The summed E-state index contributed by atoms with van der Waals surface area (Å²) in [6, 6.07) is 22.1. The molecule has 1 fully saturated rings. The molecule has 4 rings (SSSR count). The molecule has 9 heteroatoms. The summed E-state index contributed by atoms with van der Waals surface area (Å²) in [4.78, 5) is 16.9. The van der Waals surface area contributed by atoms with Crippen molar-refractivity contribution < 1.29 is 13.2 Å². The van der Waals surface area contributed by atoms with Crippen LogP contribution in [0.25, 0.3) is 0 Å². The summed E-state index contributed by atoms with van der Waals surface area (Å²) in [5.74, 6) is -0.380. The van der Waals surface area contributed by atoms with E-state index in [1.54, 1.807) is 24.3 Å². The van der Waals surface area contributed by atoms with Crippen molar-refractivity contribution in [3.05, 3.63) is 116 Å². The number of likely N-dealkylation sites (N-methyl/N-ethyl adjacent to an activating group) is 1. The third-order valence-corrected chi connectivity index (χ3v) is 8.40. The van der Waals surface area contributed by atoms with E-state index in [0.29, 0.717) is 40.8 Å². The minimum absolute atomic E-state index is 0.0317. The molecule has 1 amide bonds. The maximum atomic E-state index is 13.0. The first-order valence-corrected chi connectivity index (χ1v) is 15.2. The average molecular weight is 587 g/mol. The molecule has 0 aliphatic carbocycles. The van der Waals surface area contributed by atoms with E-state index in [4.69, 9.17) is 23.2 Å². The summed E-state index contributed by atoms with van der Waals surface area (Å²) in [6.45, 7) is 3.70. The highest BCUT2D eigenvalue weighted by Crippen LogP contribution is 2.35. The van der Waals surface area contributed by atoms with Gasteiger partial charge in [-0.05, 0) is 79.7 Å². The topological polar surface area (TPSA) is 69.7 Å². The molecule has 1 aliphatic heterocycles. The Hall–Kier alpha value is -2.68. The fourth-order valence-corrected chi connectivity index (χ4v) is 6.50. The van der Waals surface area contributed by atoms with E-state index in [2.05, 4.69) is 10.2 Å². The van der Waals surface area contributed by atoms with Crippen LogP contribution in [0.4, 0.5) is 0 Å². The van der Waals surface area contributed by atoms with Gasteiger partial charge in [-0.15, -0.1) is 0 Å². The van der Waals surface area contributed by atoms with Crippen LogP contribution in [-0.2, 0) is 15.6 Å². The Kier molecular flexibility index (Phi) is 9.51. The van der Waals surface area contributed by atoms with Gasteiger partial charge in [0.05, 0.1) is 11.8 Å². The number of rotatable bonds is 10. The maximum Gasteiger partial charge on any atom is 0.251 e. The summed E-state index contributed by atoms with van der Waals surface area (Å²) in [7, 11) is 0.360. The molecule has 0 saturated carbocycles. The second kappa shape index (κ2) is 12.7. The molecule has 1 N–H and O–H groups in total. The Morgan fingerprint density at radius 3 is 2.08 bits per heavy atom. The SMILES string of the molecule is CC(CN(C)C)NC(=O)c1cccc(CS(=O)(=O)C=C2CN(C(c3ccc(Cl)cc3)c3ccc(Cl)cc3)C2)c1. The lowest BCUT2D eigenvalue weighted by Crippen LogP contribution is -2.43. The Labute approximate surface area is 241 Å². The van der Waals surface area contributed by atoms with Gasteiger partial charge in [-0.2, -0.15) is 0 Å². The van der Waals surface area contributed by atoms with Crippen molar-refractivity contribution in [2.75, 3.05) is 33.7 Å². The van der Waals surface area contributed by atoms with Crippen molar-refractivity contribution >= 4 is 38.9 Å². The van der Waals surface area contributed by atoms with Gasteiger partial charge in [0, 0.05) is 46.7 Å². The van der Waals surface area contributed by atoms with Crippen LogP contribution in [0.3, 0.4) is 0 Å². The van der Waals surface area contributed by atoms with Crippen molar-refractivity contribution in [2.24, 2.45) is 0 Å². The second-order valence-corrected chi connectivity index (χ2v) is 13.1. The molecule has 0 aromatic heterocycles. The van der Waals surface area contributed by atoms with Crippen LogP contribution in [0.1, 0.15) is 40.0 Å². The summed E-state index contributed by atoms with van der Waals surface area (Å²) in [5.41, 5.74) is 4.01. The molecule has 3 aromatic rings. The van der Waals surface area contributed by atoms with Gasteiger partial charge < -0.3 is 10.2 Å². The van der Waals surface area contributed by atoms with Crippen LogP contribution in [0, 0.1) is 0 Å². The third kappa shape index (κ3) is 8.16. The van der Waals surface area contributed by atoms with Crippen LogP contribution < -0.4 is 5.32 Å². The van der Waals surface area contributed by atoms with Crippen LogP contribution in [0.15, 0.2) is 83.8 Å². The Morgan fingerprint density at radius 2 is 1.54 bits per heavy atom. The van der Waals surface area contributed by atoms with Gasteiger partial charge in [0.15, 0.2) is 9.84 Å². The summed E-state index contributed by atoms with van der Waals surface area (Å²) >= 11 is 12.2. The monoisotopic (exact) mass is 585 g/mol. The number of benzene rings is 3. The predicted molar refractivity (Wildman–Crippen MR) is 159 cm³/mol. The van der Waals surface area contributed by atoms with Crippen molar-refractivity contribution in [2.45, 2.75) is 24.8 Å². The van der Waals surface area contributed by atoms with E-state index in [1.807, 2.05) is 74.4 Å². The Bertz CT molecular complexity index is 1390. The molecule has 0 spiro atoms.